The lowest BCUT2D eigenvalue weighted by atomic mass is 9.92. The fourth-order valence-corrected chi connectivity index (χ4v) is 2.35. The average Bonchev–Trinajstić information content (AvgIpc) is 2.39. The Hall–Kier alpha value is -1.56. The third-order valence-corrected chi connectivity index (χ3v) is 3.42. The minimum atomic E-state index is 0.472. The molecule has 0 aliphatic heterocycles. The largest absolute Gasteiger partial charge is 0.0625 e. The Morgan fingerprint density at radius 3 is 1.83 bits per heavy atom. The van der Waals surface area contributed by atoms with Crippen LogP contribution >= 0.6 is 0 Å². The van der Waals surface area contributed by atoms with Crippen LogP contribution in [0.3, 0.4) is 0 Å². The van der Waals surface area contributed by atoms with Crippen molar-refractivity contribution >= 4 is 0 Å². The zero-order valence-corrected chi connectivity index (χ0v) is 11.6. The van der Waals surface area contributed by atoms with Crippen molar-refractivity contribution in [2.24, 2.45) is 5.92 Å². The molecule has 0 N–H and O–H groups in total. The van der Waals surface area contributed by atoms with Gasteiger partial charge >= 0.3 is 0 Å². The zero-order valence-electron chi connectivity index (χ0n) is 11.6. The van der Waals surface area contributed by atoms with Gasteiger partial charge in [-0.15, -0.1) is 0 Å². The van der Waals surface area contributed by atoms with Crippen molar-refractivity contribution in [3.05, 3.63) is 71.3 Å². The standard InChI is InChI=1S/C18H22/c1-14(2)13-16-9-11-18(12-10-16)15(3)17-7-5-4-6-8-17/h4-12,14-15H,13H2,1-3H3. The lowest BCUT2D eigenvalue weighted by Gasteiger charge is -2.13. The van der Waals surface area contributed by atoms with Gasteiger partial charge in [0.15, 0.2) is 0 Å². The highest BCUT2D eigenvalue weighted by Gasteiger charge is 2.07. The van der Waals surface area contributed by atoms with Crippen molar-refractivity contribution in [1.82, 2.24) is 0 Å². The fraction of sp³-hybridized carbons (Fsp3) is 0.333. The normalized spacial score (nSPS) is 12.7. The second-order valence-electron chi connectivity index (χ2n) is 5.47. The highest BCUT2D eigenvalue weighted by Crippen LogP contribution is 2.24. The molecule has 0 fully saturated rings. The molecule has 0 aromatic heterocycles. The van der Waals surface area contributed by atoms with Crippen molar-refractivity contribution < 1.29 is 0 Å². The van der Waals surface area contributed by atoms with Crippen LogP contribution in [-0.2, 0) is 6.42 Å². The van der Waals surface area contributed by atoms with Gasteiger partial charge in [-0.05, 0) is 29.0 Å². The molecule has 0 aliphatic rings. The van der Waals surface area contributed by atoms with Crippen molar-refractivity contribution in [1.29, 1.82) is 0 Å². The maximum absolute atomic E-state index is 2.27. The zero-order chi connectivity index (χ0) is 13.0. The summed E-state index contributed by atoms with van der Waals surface area (Å²) in [6.45, 7) is 6.80. The van der Waals surface area contributed by atoms with E-state index in [1.807, 2.05) is 0 Å². The van der Waals surface area contributed by atoms with Crippen molar-refractivity contribution in [2.45, 2.75) is 33.1 Å². The maximum Gasteiger partial charge on any atom is 0.00610 e. The summed E-state index contributed by atoms with van der Waals surface area (Å²) in [5.74, 6) is 1.20. The molecule has 0 amide bonds. The van der Waals surface area contributed by atoms with E-state index in [4.69, 9.17) is 0 Å². The first kappa shape index (κ1) is 12.9. The predicted octanol–water partition coefficient (Wildman–Crippen LogP) is 5.04. The van der Waals surface area contributed by atoms with Crippen LogP contribution in [0.25, 0.3) is 0 Å². The van der Waals surface area contributed by atoms with Gasteiger partial charge < -0.3 is 0 Å². The smallest absolute Gasteiger partial charge is 0.00610 e. The Morgan fingerprint density at radius 1 is 0.722 bits per heavy atom. The van der Waals surface area contributed by atoms with Crippen LogP contribution in [0.1, 0.15) is 43.4 Å². The van der Waals surface area contributed by atoms with Crippen LogP contribution < -0.4 is 0 Å². The van der Waals surface area contributed by atoms with Gasteiger partial charge in [-0.25, -0.2) is 0 Å². The molecule has 2 rings (SSSR count). The first-order chi connectivity index (χ1) is 8.66. The number of hydrogen-bond donors (Lipinski definition) is 0. The van der Waals surface area contributed by atoms with E-state index in [9.17, 15) is 0 Å². The monoisotopic (exact) mass is 238 g/mol. The lowest BCUT2D eigenvalue weighted by Crippen LogP contribution is -1.98. The Bertz CT molecular complexity index is 465. The van der Waals surface area contributed by atoms with Gasteiger partial charge in [-0.2, -0.15) is 0 Å². The summed E-state index contributed by atoms with van der Waals surface area (Å²) in [6.07, 6.45) is 1.17. The molecule has 0 nitrogen and oxygen atoms in total. The molecule has 0 heterocycles. The van der Waals surface area contributed by atoms with E-state index in [-0.39, 0.29) is 0 Å². The van der Waals surface area contributed by atoms with Crippen LogP contribution in [0.5, 0.6) is 0 Å². The molecule has 0 heteroatoms. The van der Waals surface area contributed by atoms with E-state index >= 15 is 0 Å². The van der Waals surface area contributed by atoms with Crippen LogP contribution in [0, 0.1) is 5.92 Å². The van der Waals surface area contributed by atoms with Crippen molar-refractivity contribution in [3.63, 3.8) is 0 Å². The molecule has 18 heavy (non-hydrogen) atoms. The van der Waals surface area contributed by atoms with Crippen LogP contribution in [0.2, 0.25) is 0 Å². The van der Waals surface area contributed by atoms with Gasteiger partial charge in [-0.1, -0.05) is 75.4 Å². The SMILES string of the molecule is CC(C)Cc1ccc(C(C)c2ccccc2)cc1. The van der Waals surface area contributed by atoms with Gasteiger partial charge in [0.05, 0.1) is 0 Å². The predicted molar refractivity (Wildman–Crippen MR) is 78.9 cm³/mol. The van der Waals surface area contributed by atoms with Gasteiger partial charge in [0.25, 0.3) is 0 Å². The van der Waals surface area contributed by atoms with Crippen LogP contribution in [0.15, 0.2) is 54.6 Å². The van der Waals surface area contributed by atoms with Gasteiger partial charge in [0.2, 0.25) is 0 Å². The summed E-state index contributed by atoms with van der Waals surface area (Å²) >= 11 is 0. The van der Waals surface area contributed by atoms with Crippen molar-refractivity contribution in [2.75, 3.05) is 0 Å². The minimum absolute atomic E-state index is 0.472. The minimum Gasteiger partial charge on any atom is -0.0625 e. The molecule has 94 valence electrons. The molecular weight excluding hydrogens is 216 g/mol. The molecule has 2 aromatic rings. The summed E-state index contributed by atoms with van der Waals surface area (Å²) in [5, 5.41) is 0. The van der Waals surface area contributed by atoms with Gasteiger partial charge in [0, 0.05) is 5.92 Å². The third-order valence-electron chi connectivity index (χ3n) is 3.42. The molecule has 0 radical (unpaired) electrons. The van der Waals surface area contributed by atoms with E-state index in [1.54, 1.807) is 0 Å². The fourth-order valence-electron chi connectivity index (χ4n) is 2.35. The molecule has 1 atom stereocenters. The Morgan fingerprint density at radius 2 is 1.28 bits per heavy atom. The topological polar surface area (TPSA) is 0 Å². The number of rotatable bonds is 4. The van der Waals surface area contributed by atoms with E-state index in [2.05, 4.69) is 75.4 Å². The first-order valence-electron chi connectivity index (χ1n) is 6.80. The second kappa shape index (κ2) is 5.86. The molecule has 0 saturated carbocycles. The molecule has 1 unspecified atom stereocenters. The van der Waals surface area contributed by atoms with Gasteiger partial charge in [-0.3, -0.25) is 0 Å². The van der Waals surface area contributed by atoms with Crippen LogP contribution in [0.4, 0.5) is 0 Å². The number of benzene rings is 2. The van der Waals surface area contributed by atoms with E-state index in [0.29, 0.717) is 5.92 Å². The summed E-state index contributed by atoms with van der Waals surface area (Å²) in [5.41, 5.74) is 4.22. The lowest BCUT2D eigenvalue weighted by molar-refractivity contribution is 0.647. The van der Waals surface area contributed by atoms with Gasteiger partial charge in [0.1, 0.15) is 0 Å². The Labute approximate surface area is 111 Å². The molecular formula is C18H22. The molecule has 0 bridgehead atoms. The molecule has 0 aliphatic carbocycles. The van der Waals surface area contributed by atoms with Crippen molar-refractivity contribution in [3.8, 4) is 0 Å². The third kappa shape index (κ3) is 3.22. The Kier molecular flexibility index (Phi) is 4.19. The van der Waals surface area contributed by atoms with E-state index < -0.39 is 0 Å². The summed E-state index contributed by atoms with van der Waals surface area (Å²) < 4.78 is 0. The second-order valence-corrected chi connectivity index (χ2v) is 5.47. The van der Waals surface area contributed by atoms with E-state index in [1.165, 1.54) is 23.1 Å². The quantitative estimate of drug-likeness (QED) is 0.700. The summed E-state index contributed by atoms with van der Waals surface area (Å²) in [4.78, 5) is 0. The molecule has 0 saturated heterocycles. The molecule has 0 spiro atoms. The number of hydrogen-bond acceptors (Lipinski definition) is 0. The summed E-state index contributed by atoms with van der Waals surface area (Å²) in [6, 6.07) is 19.8. The summed E-state index contributed by atoms with van der Waals surface area (Å²) in [7, 11) is 0. The average molecular weight is 238 g/mol. The highest BCUT2D eigenvalue weighted by molar-refractivity contribution is 5.33. The van der Waals surface area contributed by atoms with Crippen LogP contribution in [-0.4, -0.2) is 0 Å². The molecule has 2 aromatic carbocycles. The maximum atomic E-state index is 2.27. The Balaban J connectivity index is 2.14. The first-order valence-corrected chi connectivity index (χ1v) is 6.80. The highest BCUT2D eigenvalue weighted by atomic mass is 14.1. The van der Waals surface area contributed by atoms with E-state index in [0.717, 1.165) is 5.92 Å².